The van der Waals surface area contributed by atoms with E-state index in [4.69, 9.17) is 27.9 Å². The molecule has 6 nitrogen and oxygen atoms in total. The number of hydrazine groups is 1. The van der Waals surface area contributed by atoms with Crippen LogP contribution in [0, 0.1) is 0 Å². The summed E-state index contributed by atoms with van der Waals surface area (Å²) in [7, 11) is 1.27. The number of carbonyl (C=O) groups excluding carboxylic acids is 1. The van der Waals surface area contributed by atoms with Crippen molar-refractivity contribution in [1.82, 2.24) is 20.2 Å². The Morgan fingerprint density at radius 1 is 1.08 bits per heavy atom. The maximum atomic E-state index is 13.5. The Balaban J connectivity index is 1.79. The van der Waals surface area contributed by atoms with Crippen molar-refractivity contribution >= 4 is 29.1 Å². The Hall–Kier alpha value is -2.89. The van der Waals surface area contributed by atoms with E-state index in [1.165, 1.54) is 47.1 Å². The average molecular weight is 549 g/mol. The summed E-state index contributed by atoms with van der Waals surface area (Å²) in [6, 6.07) is 8.72. The fourth-order valence-corrected chi connectivity index (χ4v) is 4.27. The van der Waals surface area contributed by atoms with E-state index in [-0.39, 0.29) is 46.5 Å². The van der Waals surface area contributed by atoms with Gasteiger partial charge in [0.05, 0.1) is 23.4 Å². The van der Waals surface area contributed by atoms with Crippen LogP contribution in [0.3, 0.4) is 0 Å². The number of halogens is 7. The van der Waals surface area contributed by atoms with Crippen LogP contribution < -0.4 is 10.2 Å². The Kier molecular flexibility index (Phi) is 7.18. The first kappa shape index (κ1) is 26.2. The highest BCUT2D eigenvalue weighted by Gasteiger charge is 2.36. The predicted octanol–water partition coefficient (Wildman–Crippen LogP) is 6.25. The number of benzene rings is 2. The van der Waals surface area contributed by atoms with Gasteiger partial charge >= 0.3 is 6.18 Å². The molecule has 1 N–H and O–H groups in total. The molecule has 2 aromatic carbocycles. The number of amides is 1. The molecule has 1 aliphatic heterocycles. The summed E-state index contributed by atoms with van der Waals surface area (Å²) in [5, 5.41) is 6.18. The first-order chi connectivity index (χ1) is 16.9. The molecule has 1 aliphatic rings. The van der Waals surface area contributed by atoms with Gasteiger partial charge in [-0.25, -0.2) is 18.5 Å². The third kappa shape index (κ3) is 5.42. The molecule has 1 aromatic heterocycles. The molecule has 0 atom stereocenters. The van der Waals surface area contributed by atoms with Crippen molar-refractivity contribution in [3.8, 4) is 22.7 Å². The second-order valence-corrected chi connectivity index (χ2v) is 8.94. The van der Waals surface area contributed by atoms with Crippen molar-refractivity contribution < 1.29 is 31.5 Å². The van der Waals surface area contributed by atoms with Gasteiger partial charge in [0, 0.05) is 36.5 Å². The van der Waals surface area contributed by atoms with Gasteiger partial charge in [-0.2, -0.15) is 18.3 Å². The van der Waals surface area contributed by atoms with Gasteiger partial charge < -0.3 is 4.74 Å². The molecule has 36 heavy (non-hydrogen) atoms. The lowest BCUT2D eigenvalue weighted by Crippen LogP contribution is -2.49. The maximum absolute atomic E-state index is 13.5. The molecule has 0 unspecified atom stereocenters. The van der Waals surface area contributed by atoms with Gasteiger partial charge in [-0.3, -0.25) is 10.2 Å². The summed E-state index contributed by atoms with van der Waals surface area (Å²) in [5.41, 5.74) is 2.17. The number of carbonyl (C=O) groups is 1. The maximum Gasteiger partial charge on any atom is 0.416 e. The molecule has 0 saturated carbocycles. The summed E-state index contributed by atoms with van der Waals surface area (Å²) in [5.74, 6) is -3.59. The highest BCUT2D eigenvalue weighted by molar-refractivity contribution is 6.35. The topological polar surface area (TPSA) is 59.4 Å². The molecule has 4 rings (SSSR count). The molecule has 1 fully saturated rings. The lowest BCUT2D eigenvalue weighted by atomic mass is 10.1. The van der Waals surface area contributed by atoms with Crippen LogP contribution in [0.4, 0.5) is 22.0 Å². The van der Waals surface area contributed by atoms with Gasteiger partial charge in [-0.15, -0.1) is 0 Å². The minimum Gasteiger partial charge on any atom is -0.492 e. The number of aromatic nitrogens is 2. The second kappa shape index (κ2) is 9.87. The van der Waals surface area contributed by atoms with Crippen molar-refractivity contribution in [2.45, 2.75) is 24.9 Å². The summed E-state index contributed by atoms with van der Waals surface area (Å²) in [6.07, 6.45) is -5.38. The van der Waals surface area contributed by atoms with Gasteiger partial charge in [0.2, 0.25) is 0 Å². The number of ether oxygens (including phenoxy) is 1. The summed E-state index contributed by atoms with van der Waals surface area (Å²) in [6.45, 7) is -0.146. The molecule has 3 aromatic rings. The van der Waals surface area contributed by atoms with E-state index in [2.05, 4.69) is 10.5 Å². The summed E-state index contributed by atoms with van der Waals surface area (Å²) < 4.78 is 73.0. The molecular weight excluding hydrogens is 530 g/mol. The van der Waals surface area contributed by atoms with Crippen molar-refractivity contribution in [1.29, 1.82) is 0 Å². The van der Waals surface area contributed by atoms with E-state index >= 15 is 0 Å². The van der Waals surface area contributed by atoms with Crippen LogP contribution in [-0.4, -0.2) is 46.8 Å². The number of hydrogen-bond donors (Lipinski definition) is 1. The molecule has 13 heteroatoms. The Morgan fingerprint density at radius 2 is 1.72 bits per heavy atom. The van der Waals surface area contributed by atoms with Gasteiger partial charge in [-0.1, -0.05) is 35.3 Å². The van der Waals surface area contributed by atoms with Gasteiger partial charge in [0.1, 0.15) is 5.69 Å². The zero-order valence-corrected chi connectivity index (χ0v) is 20.2. The number of nitrogens with zero attached hydrogens (tertiary/aromatic N) is 3. The number of alkyl halides is 5. The predicted molar refractivity (Wildman–Crippen MR) is 124 cm³/mol. The van der Waals surface area contributed by atoms with E-state index in [1.54, 1.807) is 0 Å². The Bertz CT molecular complexity index is 1270. The van der Waals surface area contributed by atoms with Crippen LogP contribution in [0.1, 0.15) is 28.9 Å². The number of methoxy groups -OCH3 is 1. The van der Waals surface area contributed by atoms with Crippen LogP contribution in [-0.2, 0) is 6.18 Å². The van der Waals surface area contributed by atoms with E-state index in [0.717, 1.165) is 12.1 Å². The highest BCUT2D eigenvalue weighted by atomic mass is 35.5. The van der Waals surface area contributed by atoms with E-state index in [0.29, 0.717) is 5.02 Å². The number of piperidine rings is 1. The monoisotopic (exact) mass is 548 g/mol. The molecule has 192 valence electrons. The minimum atomic E-state index is -4.54. The third-order valence-electron chi connectivity index (χ3n) is 5.64. The smallest absolute Gasteiger partial charge is 0.416 e. The second-order valence-electron chi connectivity index (χ2n) is 8.10. The quantitative estimate of drug-likeness (QED) is 0.383. The van der Waals surface area contributed by atoms with E-state index in [9.17, 15) is 26.7 Å². The van der Waals surface area contributed by atoms with E-state index in [1.807, 2.05) is 0 Å². The Labute approximate surface area is 212 Å². The summed E-state index contributed by atoms with van der Waals surface area (Å²) >= 11 is 12.4. The number of rotatable bonds is 5. The van der Waals surface area contributed by atoms with E-state index < -0.39 is 36.4 Å². The minimum absolute atomic E-state index is 0.0411. The summed E-state index contributed by atoms with van der Waals surface area (Å²) in [4.78, 5) is 13.1. The molecule has 1 amide bonds. The fourth-order valence-electron chi connectivity index (χ4n) is 3.79. The third-order valence-corrected chi connectivity index (χ3v) is 6.18. The standard InChI is InChI=1S/C23H19Cl2F5N4O2/c1-36-20-18(21(35)32-33-10-8-22(26,27)9-11-33)31-34(17-7-6-15(24)12-16(17)25)19(20)13-2-4-14(5-3-13)23(28,29)30/h2-7,12H,8-11H2,1H3,(H,32,35). The van der Waals surface area contributed by atoms with Gasteiger partial charge in [0.25, 0.3) is 11.8 Å². The van der Waals surface area contributed by atoms with Crippen LogP contribution in [0.2, 0.25) is 10.0 Å². The number of hydrogen-bond acceptors (Lipinski definition) is 4. The molecule has 0 spiro atoms. The van der Waals surface area contributed by atoms with Crippen LogP contribution in [0.5, 0.6) is 5.75 Å². The lowest BCUT2D eigenvalue weighted by Gasteiger charge is -2.31. The molecule has 2 heterocycles. The number of nitrogens with one attached hydrogen (secondary N) is 1. The molecule has 0 bridgehead atoms. The first-order valence-electron chi connectivity index (χ1n) is 10.6. The van der Waals surface area contributed by atoms with Crippen molar-refractivity contribution in [3.05, 3.63) is 63.8 Å². The lowest BCUT2D eigenvalue weighted by molar-refractivity contribution is -0.137. The molecule has 0 radical (unpaired) electrons. The first-order valence-corrected chi connectivity index (χ1v) is 11.4. The molecule has 1 saturated heterocycles. The highest BCUT2D eigenvalue weighted by Crippen LogP contribution is 2.39. The van der Waals surface area contributed by atoms with Crippen LogP contribution >= 0.6 is 23.2 Å². The van der Waals surface area contributed by atoms with Crippen LogP contribution in [0.25, 0.3) is 16.9 Å². The van der Waals surface area contributed by atoms with Crippen molar-refractivity contribution in [3.63, 3.8) is 0 Å². The average Bonchev–Trinajstić information content (AvgIpc) is 3.19. The SMILES string of the molecule is COc1c(C(=O)NN2CCC(F)(F)CC2)nn(-c2ccc(Cl)cc2Cl)c1-c1ccc(C(F)(F)F)cc1. The largest absolute Gasteiger partial charge is 0.492 e. The van der Waals surface area contributed by atoms with Crippen molar-refractivity contribution in [2.75, 3.05) is 20.2 Å². The molecular formula is C23H19Cl2F5N4O2. The fraction of sp³-hybridized carbons (Fsp3) is 0.304. The zero-order valence-electron chi connectivity index (χ0n) is 18.7. The van der Waals surface area contributed by atoms with Gasteiger partial charge in [0.15, 0.2) is 11.4 Å². The Morgan fingerprint density at radius 3 is 2.28 bits per heavy atom. The van der Waals surface area contributed by atoms with Crippen LogP contribution in [0.15, 0.2) is 42.5 Å². The van der Waals surface area contributed by atoms with Crippen molar-refractivity contribution in [2.24, 2.45) is 0 Å². The zero-order chi connectivity index (χ0) is 26.3. The van der Waals surface area contributed by atoms with Gasteiger partial charge in [-0.05, 0) is 30.3 Å². The normalized spacial score (nSPS) is 16.1. The molecule has 0 aliphatic carbocycles.